The van der Waals surface area contributed by atoms with Crippen molar-refractivity contribution < 1.29 is 37.0 Å². The summed E-state index contributed by atoms with van der Waals surface area (Å²) >= 11 is 0. The number of carbonyl (C=O) groups is 2. The molecule has 2 aromatic carbocycles. The first-order valence-electron chi connectivity index (χ1n) is 17.1. The van der Waals surface area contributed by atoms with Crippen LogP contribution in [-0.2, 0) is 25.1 Å². The van der Waals surface area contributed by atoms with E-state index < -0.39 is 27.5 Å². The van der Waals surface area contributed by atoms with Gasteiger partial charge in [-0.05, 0) is 55.3 Å². The average molecular weight is 732 g/mol. The molecule has 0 saturated carbocycles. The van der Waals surface area contributed by atoms with Gasteiger partial charge in [0.25, 0.3) is 15.9 Å². The molecule has 52 heavy (non-hydrogen) atoms. The smallest absolute Gasteiger partial charge is 0.318 e. The lowest BCUT2D eigenvalue weighted by Crippen LogP contribution is -2.61. The Hall–Kier alpha value is -4.95. The molecular formula is C36H41N7O8S. The van der Waals surface area contributed by atoms with Gasteiger partial charge in [0, 0.05) is 63.1 Å². The van der Waals surface area contributed by atoms with Crippen LogP contribution in [0.4, 0.5) is 10.5 Å². The Morgan fingerprint density at radius 2 is 1.65 bits per heavy atom. The van der Waals surface area contributed by atoms with E-state index in [0.29, 0.717) is 48.3 Å². The zero-order valence-corrected chi connectivity index (χ0v) is 30.1. The van der Waals surface area contributed by atoms with E-state index in [1.807, 2.05) is 0 Å². The second-order valence-electron chi connectivity index (χ2n) is 13.2. The van der Waals surface area contributed by atoms with Gasteiger partial charge in [-0.1, -0.05) is 0 Å². The predicted octanol–water partition coefficient (Wildman–Crippen LogP) is 2.15. The summed E-state index contributed by atoms with van der Waals surface area (Å²) in [6.45, 7) is 5.72. The van der Waals surface area contributed by atoms with Gasteiger partial charge in [-0.15, -0.1) is 0 Å². The summed E-state index contributed by atoms with van der Waals surface area (Å²) in [6.07, 6.45) is 3.55. The summed E-state index contributed by atoms with van der Waals surface area (Å²) < 4.78 is 51.5. The number of ether oxygens (including phenoxy) is 4. The third-order valence-corrected chi connectivity index (χ3v) is 12.3. The van der Waals surface area contributed by atoms with Gasteiger partial charge >= 0.3 is 6.03 Å². The van der Waals surface area contributed by atoms with Crippen LogP contribution in [0, 0.1) is 11.3 Å². The topological polar surface area (TPSA) is 167 Å². The highest BCUT2D eigenvalue weighted by molar-refractivity contribution is 7.93. The number of piperidine rings is 1. The third-order valence-electron chi connectivity index (χ3n) is 10.6. The van der Waals surface area contributed by atoms with Gasteiger partial charge in [-0.2, -0.15) is 9.57 Å². The van der Waals surface area contributed by atoms with Crippen molar-refractivity contribution in [1.29, 1.82) is 5.26 Å². The van der Waals surface area contributed by atoms with E-state index in [1.54, 1.807) is 17.0 Å². The molecule has 0 unspecified atom stereocenters. The first-order valence-corrected chi connectivity index (χ1v) is 18.6. The van der Waals surface area contributed by atoms with Crippen molar-refractivity contribution in [2.75, 3.05) is 78.1 Å². The van der Waals surface area contributed by atoms with Gasteiger partial charge in [0.2, 0.25) is 5.88 Å². The lowest BCUT2D eigenvalue weighted by Gasteiger charge is -2.46. The molecule has 0 spiro atoms. The van der Waals surface area contributed by atoms with Crippen LogP contribution in [0.25, 0.3) is 0 Å². The molecule has 7 rings (SSSR count). The van der Waals surface area contributed by atoms with E-state index in [1.165, 1.54) is 63.9 Å². The maximum absolute atomic E-state index is 15.1. The van der Waals surface area contributed by atoms with E-state index in [-0.39, 0.29) is 38.9 Å². The minimum absolute atomic E-state index is 0.00429. The molecule has 0 bridgehead atoms. The summed E-state index contributed by atoms with van der Waals surface area (Å²) in [4.78, 5) is 40.1. The molecule has 16 heteroatoms. The monoisotopic (exact) mass is 731 g/mol. The van der Waals surface area contributed by atoms with Crippen LogP contribution in [0.3, 0.4) is 0 Å². The Morgan fingerprint density at radius 1 is 0.923 bits per heavy atom. The van der Waals surface area contributed by atoms with Crippen LogP contribution in [0.1, 0.15) is 29.5 Å². The number of amides is 3. The van der Waals surface area contributed by atoms with Crippen LogP contribution >= 0.6 is 0 Å². The first kappa shape index (κ1) is 35.5. The van der Waals surface area contributed by atoms with Crippen molar-refractivity contribution in [3.05, 3.63) is 71.4 Å². The Bertz CT molecular complexity index is 2000. The largest absolute Gasteiger partial charge is 0.497 e. The van der Waals surface area contributed by atoms with Gasteiger partial charge in [-0.3, -0.25) is 14.6 Å². The number of nitriles is 1. The number of hydrogen-bond acceptors (Lipinski definition) is 12. The van der Waals surface area contributed by atoms with Gasteiger partial charge in [-0.25, -0.2) is 18.2 Å². The molecule has 4 aliphatic heterocycles. The Balaban J connectivity index is 1.24. The van der Waals surface area contributed by atoms with Crippen LogP contribution in [-0.4, -0.2) is 126 Å². The van der Waals surface area contributed by atoms with Crippen molar-refractivity contribution in [1.82, 2.24) is 25.0 Å². The lowest BCUT2D eigenvalue weighted by atomic mass is 9.83. The summed E-state index contributed by atoms with van der Waals surface area (Å²) in [7, 11) is -0.584. The number of methoxy groups -OCH3 is 3. The molecular weight excluding hydrogens is 691 g/mol. The fourth-order valence-electron chi connectivity index (χ4n) is 7.65. The molecule has 1 aromatic heterocycles. The highest BCUT2D eigenvalue weighted by Crippen LogP contribution is 2.50. The van der Waals surface area contributed by atoms with Crippen molar-refractivity contribution in [2.24, 2.45) is 0 Å². The normalized spacial score (nSPS) is 21.6. The number of pyridine rings is 1. The molecule has 3 fully saturated rings. The predicted molar refractivity (Wildman–Crippen MR) is 188 cm³/mol. The minimum atomic E-state index is -4.70. The number of hydrogen-bond donors (Lipinski definition) is 1. The molecule has 0 radical (unpaired) electrons. The third kappa shape index (κ3) is 5.97. The number of rotatable bonds is 9. The van der Waals surface area contributed by atoms with E-state index in [2.05, 4.69) is 26.2 Å². The van der Waals surface area contributed by atoms with Gasteiger partial charge < -0.3 is 29.2 Å². The van der Waals surface area contributed by atoms with Gasteiger partial charge in [0.1, 0.15) is 16.4 Å². The number of piperazine rings is 1. The highest BCUT2D eigenvalue weighted by atomic mass is 32.2. The summed E-state index contributed by atoms with van der Waals surface area (Å²) in [5.41, 5.74) is -1.86. The molecule has 3 aromatic rings. The lowest BCUT2D eigenvalue weighted by molar-refractivity contribution is -0.121. The number of anilines is 1. The number of urea groups is 1. The van der Waals surface area contributed by atoms with Crippen LogP contribution in [0.2, 0.25) is 0 Å². The maximum atomic E-state index is 15.1. The number of sulfonamides is 1. The minimum Gasteiger partial charge on any atom is -0.497 e. The number of carbonyl (C=O) groups excluding carboxylic acids is 2. The van der Waals surface area contributed by atoms with Crippen LogP contribution in [0.5, 0.6) is 17.4 Å². The quantitative estimate of drug-likeness (QED) is 0.341. The van der Waals surface area contributed by atoms with Crippen molar-refractivity contribution in [3.8, 4) is 23.4 Å². The Kier molecular flexibility index (Phi) is 9.70. The molecule has 4 aliphatic rings. The molecule has 5 heterocycles. The fraction of sp³-hybridized carbons (Fsp3) is 0.444. The van der Waals surface area contributed by atoms with Gasteiger partial charge in [0.15, 0.2) is 5.54 Å². The molecule has 3 saturated heterocycles. The van der Waals surface area contributed by atoms with Crippen LogP contribution in [0.15, 0.2) is 59.6 Å². The second kappa shape index (κ2) is 14.2. The van der Waals surface area contributed by atoms with E-state index in [9.17, 15) is 18.5 Å². The van der Waals surface area contributed by atoms with Crippen molar-refractivity contribution >= 4 is 27.6 Å². The zero-order valence-electron chi connectivity index (χ0n) is 29.3. The molecule has 1 atom stereocenters. The summed E-state index contributed by atoms with van der Waals surface area (Å²) in [6, 6.07) is 13.9. The first-order chi connectivity index (χ1) is 25.2. The fourth-order valence-corrected chi connectivity index (χ4v) is 9.26. The molecule has 0 aliphatic carbocycles. The molecule has 274 valence electrons. The highest BCUT2D eigenvalue weighted by Gasteiger charge is 2.59. The van der Waals surface area contributed by atoms with E-state index in [4.69, 9.17) is 18.9 Å². The van der Waals surface area contributed by atoms with E-state index in [0.717, 1.165) is 39.1 Å². The number of aromatic nitrogens is 1. The molecule has 15 nitrogen and oxygen atoms in total. The Morgan fingerprint density at radius 3 is 2.29 bits per heavy atom. The zero-order chi connectivity index (χ0) is 36.6. The average Bonchev–Trinajstić information content (AvgIpc) is 3.41. The second-order valence-corrected chi connectivity index (χ2v) is 14.9. The van der Waals surface area contributed by atoms with E-state index >= 15 is 4.79 Å². The summed E-state index contributed by atoms with van der Waals surface area (Å²) in [5, 5.41) is 12.9. The number of nitrogens with one attached hydrogen (secondary N) is 1. The maximum Gasteiger partial charge on any atom is 0.318 e. The summed E-state index contributed by atoms with van der Waals surface area (Å²) in [5.74, 6) is -0.713. The van der Waals surface area contributed by atoms with Crippen molar-refractivity contribution in [2.45, 2.75) is 35.4 Å². The number of fused-ring (bicyclic) bond motifs is 1. The number of nitrogens with zero attached hydrogens (tertiary/aromatic N) is 6. The van der Waals surface area contributed by atoms with Gasteiger partial charge in [0.05, 0.1) is 63.5 Å². The van der Waals surface area contributed by atoms with Crippen molar-refractivity contribution in [3.63, 3.8) is 0 Å². The Labute approximate surface area is 302 Å². The molecule has 1 N–H and O–H groups in total. The SMILES string of the molecule is COc1ccc(S(=O)(=O)N2C(=O)[C@@](NC(=O)N3CCN(C4CCN(C5COC5)CC4)CC3)(c3cccnc3OC)c3cc(C#N)ccc32)c(OC)c1. The number of benzene rings is 2. The van der Waals surface area contributed by atoms with Crippen LogP contribution < -0.4 is 23.8 Å². The number of likely N-dealkylation sites (tertiary alicyclic amines) is 1. The molecule has 3 amide bonds. The standard InChI is InChI=1S/C36H41N7O8S/c1-48-27-7-9-32(31(20-27)49-2)52(46,47)43-30-8-6-24(21-37)19-29(30)36(34(43)44,28-5-4-12-38-33(28)50-3)39-35(45)42-17-15-41(16-18-42)25-10-13-40(14-11-25)26-22-51-23-26/h4-9,12,19-20,25-26H,10-11,13-18,22-23H2,1-3H3,(H,39,45)/t36-/m1/s1.